The molecule has 0 spiro atoms. The number of H-pyrrole nitrogens is 1. The van der Waals surface area contributed by atoms with Crippen molar-refractivity contribution in [2.45, 2.75) is 30.9 Å². The van der Waals surface area contributed by atoms with Gasteiger partial charge in [0.25, 0.3) is 5.91 Å². The number of aromatic nitrogens is 2. The largest absolute Gasteiger partial charge is 0.395 e. The highest BCUT2D eigenvalue weighted by molar-refractivity contribution is 7.99. The first-order valence-corrected chi connectivity index (χ1v) is 7.46. The number of thioether (sulfide) groups is 1. The minimum Gasteiger partial charge on any atom is -0.395 e. The minimum absolute atomic E-state index is 0.0252. The first kappa shape index (κ1) is 11.9. The molecule has 1 amide bonds. The molecule has 2 aliphatic rings. The molecule has 0 radical (unpaired) electrons. The van der Waals surface area contributed by atoms with Crippen LogP contribution in [-0.2, 0) is 0 Å². The van der Waals surface area contributed by atoms with Gasteiger partial charge in [0.15, 0.2) is 5.69 Å². The predicted octanol–water partition coefficient (Wildman–Crippen LogP) is 1.45. The van der Waals surface area contributed by atoms with Crippen LogP contribution in [0.2, 0.25) is 0 Å². The van der Waals surface area contributed by atoms with Crippen LogP contribution in [0.15, 0.2) is 0 Å². The highest BCUT2D eigenvalue weighted by atomic mass is 32.2. The fraction of sp³-hybridized carbons (Fsp3) is 0.667. The fourth-order valence-electron chi connectivity index (χ4n) is 2.36. The van der Waals surface area contributed by atoms with E-state index >= 15 is 0 Å². The molecule has 5 nitrogen and oxygen atoms in total. The molecule has 3 N–H and O–H groups in total. The summed E-state index contributed by atoms with van der Waals surface area (Å²) < 4.78 is 0. The Balaban J connectivity index is 1.79. The molecule has 18 heavy (non-hydrogen) atoms. The molecule has 3 rings (SSSR count). The molecule has 1 saturated heterocycles. The van der Waals surface area contributed by atoms with Crippen LogP contribution in [0.5, 0.6) is 0 Å². The third-order valence-electron chi connectivity index (χ3n) is 3.55. The second-order valence-electron chi connectivity index (χ2n) is 5.11. The summed E-state index contributed by atoms with van der Waals surface area (Å²) in [5, 5.41) is 7.56. The van der Waals surface area contributed by atoms with Gasteiger partial charge in [0.1, 0.15) is 0 Å². The van der Waals surface area contributed by atoms with Crippen LogP contribution in [0, 0.1) is 0 Å². The van der Waals surface area contributed by atoms with Crippen LogP contribution in [0.3, 0.4) is 0 Å². The van der Waals surface area contributed by atoms with E-state index in [0.29, 0.717) is 22.5 Å². The maximum atomic E-state index is 12.4. The molecule has 1 aliphatic heterocycles. The van der Waals surface area contributed by atoms with Gasteiger partial charge in [-0.25, -0.2) is 0 Å². The molecule has 2 heterocycles. The smallest absolute Gasteiger partial charge is 0.276 e. The Kier molecular flexibility index (Phi) is 2.97. The molecule has 1 saturated carbocycles. The molecular weight excluding hydrogens is 248 g/mol. The summed E-state index contributed by atoms with van der Waals surface area (Å²) in [6.45, 7) is 3.72. The van der Waals surface area contributed by atoms with Gasteiger partial charge in [-0.15, -0.1) is 0 Å². The lowest BCUT2D eigenvalue weighted by molar-refractivity contribution is 0.0758. The number of rotatable bonds is 2. The summed E-state index contributed by atoms with van der Waals surface area (Å²) in [6.07, 6.45) is 2.30. The zero-order valence-electron chi connectivity index (χ0n) is 10.5. The van der Waals surface area contributed by atoms with Gasteiger partial charge in [-0.1, -0.05) is 6.92 Å². The van der Waals surface area contributed by atoms with Crippen LogP contribution in [0.1, 0.15) is 41.9 Å². The lowest BCUT2D eigenvalue weighted by atomic mass is 10.2. The number of aromatic amines is 1. The quantitative estimate of drug-likeness (QED) is 0.849. The van der Waals surface area contributed by atoms with Crippen LogP contribution in [-0.4, -0.2) is 45.1 Å². The van der Waals surface area contributed by atoms with Gasteiger partial charge < -0.3 is 10.6 Å². The second-order valence-corrected chi connectivity index (χ2v) is 6.65. The molecule has 0 aromatic carbocycles. The van der Waals surface area contributed by atoms with Gasteiger partial charge in [0, 0.05) is 30.0 Å². The Morgan fingerprint density at radius 3 is 3.00 bits per heavy atom. The number of anilines is 1. The Bertz CT molecular complexity index is 469. The van der Waals surface area contributed by atoms with E-state index < -0.39 is 0 Å². The summed E-state index contributed by atoms with van der Waals surface area (Å²) in [6, 6.07) is 0. The van der Waals surface area contributed by atoms with Crippen molar-refractivity contribution in [3.8, 4) is 0 Å². The average molecular weight is 266 g/mol. The molecule has 1 aromatic rings. The van der Waals surface area contributed by atoms with E-state index in [-0.39, 0.29) is 5.91 Å². The van der Waals surface area contributed by atoms with Gasteiger partial charge >= 0.3 is 0 Å². The van der Waals surface area contributed by atoms with Gasteiger partial charge in [-0.05, 0) is 12.8 Å². The van der Waals surface area contributed by atoms with Gasteiger partial charge in [0.2, 0.25) is 0 Å². The second kappa shape index (κ2) is 4.50. The minimum atomic E-state index is -0.0252. The summed E-state index contributed by atoms with van der Waals surface area (Å²) in [7, 11) is 0. The Hall–Kier alpha value is -1.17. The van der Waals surface area contributed by atoms with Crippen molar-refractivity contribution in [1.82, 2.24) is 15.1 Å². The highest BCUT2D eigenvalue weighted by Gasteiger charge is 2.32. The number of carbonyl (C=O) groups is 1. The number of hydrogen-bond acceptors (Lipinski definition) is 4. The Labute approximate surface area is 110 Å². The molecule has 2 fully saturated rings. The number of amides is 1. The van der Waals surface area contributed by atoms with Gasteiger partial charge in [-0.3, -0.25) is 9.89 Å². The lowest BCUT2D eigenvalue weighted by Gasteiger charge is -2.30. The number of carbonyl (C=O) groups excluding carboxylic acids is 1. The van der Waals surface area contributed by atoms with Crippen LogP contribution in [0.4, 0.5) is 5.69 Å². The summed E-state index contributed by atoms with van der Waals surface area (Å²) >= 11 is 1.91. The van der Waals surface area contributed by atoms with E-state index in [2.05, 4.69) is 17.1 Å². The third-order valence-corrected chi connectivity index (χ3v) is 4.69. The van der Waals surface area contributed by atoms with Crippen LogP contribution < -0.4 is 5.73 Å². The number of nitrogens with two attached hydrogens (primary N) is 1. The van der Waals surface area contributed by atoms with Gasteiger partial charge in [-0.2, -0.15) is 16.9 Å². The van der Waals surface area contributed by atoms with Crippen molar-refractivity contribution < 1.29 is 4.79 Å². The first-order chi connectivity index (χ1) is 8.66. The summed E-state index contributed by atoms with van der Waals surface area (Å²) in [5.41, 5.74) is 7.97. The molecular formula is C12H18N4OS. The first-order valence-electron chi connectivity index (χ1n) is 6.41. The zero-order chi connectivity index (χ0) is 12.7. The zero-order valence-corrected chi connectivity index (χ0v) is 11.3. The molecule has 0 bridgehead atoms. The molecule has 1 aliphatic carbocycles. The van der Waals surface area contributed by atoms with Crippen LogP contribution >= 0.6 is 11.8 Å². The Morgan fingerprint density at radius 1 is 1.56 bits per heavy atom. The van der Waals surface area contributed by atoms with Crippen molar-refractivity contribution in [3.05, 3.63) is 11.4 Å². The van der Waals surface area contributed by atoms with Crippen LogP contribution in [0.25, 0.3) is 0 Å². The molecule has 6 heteroatoms. The maximum Gasteiger partial charge on any atom is 0.276 e. The number of hydrogen-bond donors (Lipinski definition) is 2. The summed E-state index contributed by atoms with van der Waals surface area (Å²) in [4.78, 5) is 14.2. The molecule has 1 unspecified atom stereocenters. The molecule has 98 valence electrons. The molecule has 1 atom stereocenters. The van der Waals surface area contributed by atoms with Crippen molar-refractivity contribution in [3.63, 3.8) is 0 Å². The average Bonchev–Trinajstić information content (AvgIpc) is 3.12. The van der Waals surface area contributed by atoms with Crippen molar-refractivity contribution >= 4 is 23.4 Å². The van der Waals surface area contributed by atoms with E-state index in [9.17, 15) is 4.79 Å². The van der Waals surface area contributed by atoms with Gasteiger partial charge in [0.05, 0.1) is 11.4 Å². The van der Waals surface area contributed by atoms with Crippen molar-refractivity contribution in [1.29, 1.82) is 0 Å². The SMILES string of the molecule is CC1CN(C(=O)c2n[nH]c(C3CC3)c2N)CCS1. The van der Waals surface area contributed by atoms with E-state index in [1.807, 2.05) is 16.7 Å². The normalized spacial score (nSPS) is 24.3. The van der Waals surface area contributed by atoms with E-state index in [4.69, 9.17) is 5.73 Å². The third kappa shape index (κ3) is 2.09. The summed E-state index contributed by atoms with van der Waals surface area (Å²) in [5.74, 6) is 1.46. The van der Waals surface area contributed by atoms with E-state index in [0.717, 1.165) is 37.4 Å². The number of nitrogens with one attached hydrogen (secondary N) is 1. The fourth-order valence-corrected chi connectivity index (χ4v) is 3.38. The monoisotopic (exact) mass is 266 g/mol. The van der Waals surface area contributed by atoms with E-state index in [1.54, 1.807) is 0 Å². The number of nitrogen functional groups attached to an aromatic ring is 1. The predicted molar refractivity (Wildman–Crippen MR) is 72.8 cm³/mol. The standard InChI is InChI=1S/C12H18N4OS/c1-7-6-16(4-5-18-7)12(17)11-9(13)10(14-15-11)8-2-3-8/h7-8H,2-6,13H2,1H3,(H,14,15). The maximum absolute atomic E-state index is 12.4. The molecule has 1 aromatic heterocycles. The van der Waals surface area contributed by atoms with Crippen molar-refractivity contribution in [2.24, 2.45) is 0 Å². The topological polar surface area (TPSA) is 75.0 Å². The highest BCUT2D eigenvalue weighted by Crippen LogP contribution is 2.42. The van der Waals surface area contributed by atoms with E-state index in [1.165, 1.54) is 0 Å². The Morgan fingerprint density at radius 2 is 2.33 bits per heavy atom. The number of nitrogens with zero attached hydrogens (tertiary/aromatic N) is 2. The van der Waals surface area contributed by atoms with Crippen molar-refractivity contribution in [2.75, 3.05) is 24.6 Å². The lowest BCUT2D eigenvalue weighted by Crippen LogP contribution is -2.41.